The smallest absolute Gasteiger partial charge is 0.261 e. The Morgan fingerprint density at radius 1 is 0.897 bits per heavy atom. The average Bonchev–Trinajstić information content (AvgIpc) is 2.69. The lowest BCUT2D eigenvalue weighted by Gasteiger charge is -2.29. The van der Waals surface area contributed by atoms with Gasteiger partial charge in [-0.1, -0.05) is 32.4 Å². The summed E-state index contributed by atoms with van der Waals surface area (Å²) in [6.45, 7) is 5.24. The second-order valence-corrected chi connectivity index (χ2v) is 11.2. The molecule has 0 bridgehead atoms. The molecule has 1 aliphatic heterocycles. The summed E-state index contributed by atoms with van der Waals surface area (Å²) in [5.74, 6) is 0.536. The zero-order valence-electron chi connectivity index (χ0n) is 16.8. The van der Waals surface area contributed by atoms with Crippen molar-refractivity contribution in [1.82, 2.24) is 4.31 Å². The van der Waals surface area contributed by atoms with Crippen molar-refractivity contribution in [2.24, 2.45) is 5.92 Å². The minimum Gasteiger partial charge on any atom is -0.280 e. The van der Waals surface area contributed by atoms with Crippen LogP contribution in [0.4, 0.5) is 5.69 Å². The van der Waals surface area contributed by atoms with Gasteiger partial charge in [-0.05, 0) is 67.1 Å². The van der Waals surface area contributed by atoms with Gasteiger partial charge in [0.15, 0.2) is 0 Å². The molecule has 0 unspecified atom stereocenters. The van der Waals surface area contributed by atoms with E-state index in [2.05, 4.69) is 18.6 Å². The molecule has 0 radical (unpaired) electrons. The van der Waals surface area contributed by atoms with Gasteiger partial charge in [0, 0.05) is 18.8 Å². The molecule has 8 heteroatoms. The van der Waals surface area contributed by atoms with Gasteiger partial charge in [-0.3, -0.25) is 4.72 Å². The molecule has 1 aliphatic rings. The van der Waals surface area contributed by atoms with Gasteiger partial charge in [-0.25, -0.2) is 16.8 Å². The Balaban J connectivity index is 1.72. The highest BCUT2D eigenvalue weighted by molar-refractivity contribution is 7.92. The van der Waals surface area contributed by atoms with Crippen LogP contribution < -0.4 is 4.72 Å². The van der Waals surface area contributed by atoms with Gasteiger partial charge in [0.2, 0.25) is 10.0 Å². The third kappa shape index (κ3) is 5.18. The Kier molecular flexibility index (Phi) is 6.65. The summed E-state index contributed by atoms with van der Waals surface area (Å²) >= 11 is 0. The molecule has 1 N–H and O–H groups in total. The van der Waals surface area contributed by atoms with Crippen molar-refractivity contribution in [2.45, 2.75) is 49.3 Å². The van der Waals surface area contributed by atoms with Crippen LogP contribution in [0.3, 0.4) is 0 Å². The molecular formula is C21H28N2O4S2. The molecule has 1 fully saturated rings. The molecule has 0 aliphatic carbocycles. The van der Waals surface area contributed by atoms with E-state index >= 15 is 0 Å². The van der Waals surface area contributed by atoms with E-state index in [4.69, 9.17) is 0 Å². The van der Waals surface area contributed by atoms with Crippen molar-refractivity contribution in [3.8, 4) is 0 Å². The first-order chi connectivity index (χ1) is 13.7. The molecular weight excluding hydrogens is 408 g/mol. The second kappa shape index (κ2) is 8.85. The van der Waals surface area contributed by atoms with Crippen LogP contribution in [0.1, 0.15) is 38.7 Å². The molecule has 1 heterocycles. The third-order valence-corrected chi connectivity index (χ3v) is 8.57. The second-order valence-electron chi connectivity index (χ2n) is 7.61. The fourth-order valence-corrected chi connectivity index (χ4v) is 5.94. The maximum atomic E-state index is 12.8. The molecule has 29 heavy (non-hydrogen) atoms. The Hall–Kier alpha value is -1.90. The fourth-order valence-electron chi connectivity index (χ4n) is 3.41. The summed E-state index contributed by atoms with van der Waals surface area (Å²) in [5, 5.41) is 0. The first kappa shape index (κ1) is 21.8. The number of benzene rings is 2. The zero-order valence-corrected chi connectivity index (χ0v) is 18.5. The van der Waals surface area contributed by atoms with Crippen molar-refractivity contribution >= 4 is 25.7 Å². The van der Waals surface area contributed by atoms with E-state index in [-0.39, 0.29) is 9.79 Å². The topological polar surface area (TPSA) is 83.5 Å². The van der Waals surface area contributed by atoms with Crippen LogP contribution in [0.2, 0.25) is 0 Å². The number of anilines is 1. The van der Waals surface area contributed by atoms with Gasteiger partial charge < -0.3 is 0 Å². The van der Waals surface area contributed by atoms with E-state index in [0.29, 0.717) is 24.7 Å². The third-order valence-electron chi connectivity index (χ3n) is 5.26. The van der Waals surface area contributed by atoms with E-state index in [1.54, 1.807) is 12.1 Å². The van der Waals surface area contributed by atoms with Gasteiger partial charge in [-0.2, -0.15) is 4.31 Å². The first-order valence-electron chi connectivity index (χ1n) is 9.94. The number of aryl methyl sites for hydroxylation is 1. The highest BCUT2D eigenvalue weighted by Gasteiger charge is 2.28. The number of hydrogen-bond acceptors (Lipinski definition) is 4. The molecule has 0 aromatic heterocycles. The molecule has 6 nitrogen and oxygen atoms in total. The monoisotopic (exact) mass is 436 g/mol. The molecule has 158 valence electrons. The fraction of sp³-hybridized carbons (Fsp3) is 0.429. The van der Waals surface area contributed by atoms with Crippen LogP contribution in [0.15, 0.2) is 58.3 Å². The predicted molar refractivity (Wildman–Crippen MR) is 115 cm³/mol. The summed E-state index contributed by atoms with van der Waals surface area (Å²) in [6, 6.07) is 12.7. The van der Waals surface area contributed by atoms with Crippen LogP contribution in [0.5, 0.6) is 0 Å². The van der Waals surface area contributed by atoms with Crippen molar-refractivity contribution in [2.75, 3.05) is 17.8 Å². The molecule has 0 amide bonds. The van der Waals surface area contributed by atoms with Crippen molar-refractivity contribution < 1.29 is 16.8 Å². The first-order valence-corrected chi connectivity index (χ1v) is 12.9. The van der Waals surface area contributed by atoms with Crippen molar-refractivity contribution in [1.29, 1.82) is 0 Å². The molecule has 1 saturated heterocycles. The number of hydrogen-bond donors (Lipinski definition) is 1. The van der Waals surface area contributed by atoms with Crippen LogP contribution in [0, 0.1) is 5.92 Å². The number of rotatable bonds is 7. The predicted octanol–water partition coefficient (Wildman–Crippen LogP) is 3.86. The van der Waals surface area contributed by atoms with Crippen LogP contribution in [-0.4, -0.2) is 34.2 Å². The summed E-state index contributed by atoms with van der Waals surface area (Å²) in [6.07, 6.45) is 3.61. The maximum absolute atomic E-state index is 12.8. The van der Waals surface area contributed by atoms with E-state index < -0.39 is 20.0 Å². The summed E-state index contributed by atoms with van der Waals surface area (Å²) in [4.78, 5) is 0.357. The molecule has 2 aromatic carbocycles. The van der Waals surface area contributed by atoms with E-state index in [1.165, 1.54) is 28.6 Å². The van der Waals surface area contributed by atoms with Gasteiger partial charge in [-0.15, -0.1) is 0 Å². The standard InChI is InChI=1S/C21H28N2O4S2/c1-3-4-18-5-9-20(10-6-18)28(24,25)22-19-7-11-21(12-8-19)29(26,27)23-15-13-17(2)14-16-23/h5-12,17,22H,3-4,13-16H2,1-2H3. The van der Waals surface area contributed by atoms with E-state index in [9.17, 15) is 16.8 Å². The maximum Gasteiger partial charge on any atom is 0.261 e. The van der Waals surface area contributed by atoms with Gasteiger partial charge in [0.1, 0.15) is 0 Å². The lowest BCUT2D eigenvalue weighted by Crippen LogP contribution is -2.37. The highest BCUT2D eigenvalue weighted by Crippen LogP contribution is 2.25. The summed E-state index contributed by atoms with van der Waals surface area (Å²) in [7, 11) is -7.28. The largest absolute Gasteiger partial charge is 0.280 e. The zero-order chi connectivity index (χ0) is 21.1. The van der Waals surface area contributed by atoms with E-state index in [0.717, 1.165) is 31.2 Å². The Labute approximate surface area is 174 Å². The molecule has 3 rings (SSSR count). The molecule has 0 saturated carbocycles. The lowest BCUT2D eigenvalue weighted by atomic mass is 10.0. The molecule has 0 spiro atoms. The highest BCUT2D eigenvalue weighted by atomic mass is 32.2. The van der Waals surface area contributed by atoms with E-state index in [1.807, 2.05) is 12.1 Å². The average molecular weight is 437 g/mol. The Morgan fingerprint density at radius 2 is 1.45 bits per heavy atom. The van der Waals surface area contributed by atoms with Crippen LogP contribution in [-0.2, 0) is 26.5 Å². The number of sulfonamides is 2. The molecule has 2 aromatic rings. The minimum absolute atomic E-state index is 0.177. The quantitative estimate of drug-likeness (QED) is 0.714. The Bertz CT molecular complexity index is 1020. The number of nitrogens with one attached hydrogen (secondary N) is 1. The van der Waals surface area contributed by atoms with Crippen molar-refractivity contribution in [3.05, 3.63) is 54.1 Å². The van der Waals surface area contributed by atoms with Gasteiger partial charge in [0.05, 0.1) is 9.79 Å². The minimum atomic E-state index is -3.73. The van der Waals surface area contributed by atoms with Gasteiger partial charge >= 0.3 is 0 Å². The summed E-state index contributed by atoms with van der Waals surface area (Å²) < 4.78 is 54.8. The number of piperidine rings is 1. The summed E-state index contributed by atoms with van der Waals surface area (Å²) in [5.41, 5.74) is 1.42. The van der Waals surface area contributed by atoms with Crippen LogP contribution in [0.25, 0.3) is 0 Å². The normalized spacial score (nSPS) is 16.6. The van der Waals surface area contributed by atoms with Crippen LogP contribution >= 0.6 is 0 Å². The molecule has 0 atom stereocenters. The lowest BCUT2D eigenvalue weighted by molar-refractivity contribution is 0.288. The SMILES string of the molecule is CCCc1ccc(S(=O)(=O)Nc2ccc(S(=O)(=O)N3CCC(C)CC3)cc2)cc1. The Morgan fingerprint density at radius 3 is 2.00 bits per heavy atom. The van der Waals surface area contributed by atoms with Crippen molar-refractivity contribution in [3.63, 3.8) is 0 Å². The number of nitrogens with zero attached hydrogens (tertiary/aromatic N) is 1. The van der Waals surface area contributed by atoms with Gasteiger partial charge in [0.25, 0.3) is 10.0 Å².